The average Bonchev–Trinajstić information content (AvgIpc) is 3.34. The number of aromatic nitrogens is 3. The van der Waals surface area contributed by atoms with E-state index in [1.54, 1.807) is 7.11 Å². The molecule has 0 saturated carbocycles. The van der Waals surface area contributed by atoms with E-state index in [1.165, 1.54) is 5.56 Å². The number of benzene rings is 2. The number of para-hydroxylation sites is 1. The van der Waals surface area contributed by atoms with E-state index in [9.17, 15) is 4.79 Å². The maximum absolute atomic E-state index is 12.5. The molecule has 0 aliphatic rings. The number of hydrogen-bond acceptors (Lipinski definition) is 3. The number of nitrogens with zero attached hydrogens (tertiary/aromatic N) is 2. The Kier molecular flexibility index (Phi) is 6.59. The first kappa shape index (κ1) is 21.7. The van der Waals surface area contributed by atoms with Crippen LogP contribution in [0.4, 0.5) is 0 Å². The van der Waals surface area contributed by atoms with Gasteiger partial charge in [0.25, 0.3) is 0 Å². The van der Waals surface area contributed by atoms with Gasteiger partial charge in [0.1, 0.15) is 5.75 Å². The smallest absolute Gasteiger partial charge is 0.220 e. The van der Waals surface area contributed by atoms with Crippen molar-refractivity contribution in [3.8, 4) is 17.0 Å². The van der Waals surface area contributed by atoms with Crippen LogP contribution in [0.2, 0.25) is 0 Å². The Bertz CT molecular complexity index is 1200. The molecule has 6 heteroatoms. The molecule has 0 aliphatic heterocycles. The highest BCUT2D eigenvalue weighted by atomic mass is 16.5. The van der Waals surface area contributed by atoms with Crippen LogP contribution in [0.1, 0.15) is 29.8 Å². The summed E-state index contributed by atoms with van der Waals surface area (Å²) in [7, 11) is 1.67. The normalized spacial score (nSPS) is 11.1. The zero-order valence-electron chi connectivity index (χ0n) is 18.9. The highest BCUT2D eigenvalue weighted by molar-refractivity contribution is 5.91. The number of carbonyl (C=O) groups excluding carboxylic acids is 1. The number of methoxy groups -OCH3 is 1. The van der Waals surface area contributed by atoms with Crippen molar-refractivity contribution >= 4 is 16.8 Å². The molecule has 0 bridgehead atoms. The highest BCUT2D eigenvalue weighted by Crippen LogP contribution is 2.32. The van der Waals surface area contributed by atoms with Crippen LogP contribution in [-0.2, 0) is 17.8 Å². The van der Waals surface area contributed by atoms with Gasteiger partial charge in [0.2, 0.25) is 5.91 Å². The lowest BCUT2D eigenvalue weighted by Gasteiger charge is -2.08. The number of hydrogen-bond donors (Lipinski definition) is 2. The van der Waals surface area contributed by atoms with Crippen molar-refractivity contribution in [2.24, 2.45) is 0 Å². The highest BCUT2D eigenvalue weighted by Gasteiger charge is 2.14. The van der Waals surface area contributed by atoms with Crippen LogP contribution >= 0.6 is 0 Å². The molecule has 0 radical (unpaired) electrons. The van der Waals surface area contributed by atoms with Gasteiger partial charge in [-0.15, -0.1) is 0 Å². The average molecular weight is 431 g/mol. The lowest BCUT2D eigenvalue weighted by molar-refractivity contribution is -0.121. The quantitative estimate of drug-likeness (QED) is 0.375. The molecule has 2 aromatic carbocycles. The van der Waals surface area contributed by atoms with E-state index in [0.29, 0.717) is 19.4 Å². The summed E-state index contributed by atoms with van der Waals surface area (Å²) in [4.78, 5) is 16.1. The van der Waals surface area contributed by atoms with Gasteiger partial charge in [-0.3, -0.25) is 9.48 Å². The SMILES string of the molecule is COc1ccc(-c2[nH]c3ccccc3c2CCC(=O)NCCCn2nc(C)cc2C)cc1. The molecule has 4 aromatic rings. The standard InChI is InChI=1S/C26H30N4O2/c1-18-17-19(2)30(29-18)16-6-15-27-25(31)14-13-23-22-7-4-5-8-24(22)28-26(23)20-9-11-21(32-3)12-10-20/h4-5,7-12,17,28H,6,13-16H2,1-3H3,(H,27,31). The molecule has 2 N–H and O–H groups in total. The minimum atomic E-state index is 0.0735. The van der Waals surface area contributed by atoms with Gasteiger partial charge >= 0.3 is 0 Å². The van der Waals surface area contributed by atoms with Crippen molar-refractivity contribution in [3.05, 3.63) is 71.5 Å². The van der Waals surface area contributed by atoms with Crippen molar-refractivity contribution < 1.29 is 9.53 Å². The number of carbonyl (C=O) groups is 1. The number of aryl methyl sites for hydroxylation is 4. The van der Waals surface area contributed by atoms with Gasteiger partial charge in [0, 0.05) is 41.8 Å². The Labute approximate surface area is 188 Å². The Morgan fingerprint density at radius 2 is 1.91 bits per heavy atom. The third-order valence-corrected chi connectivity index (χ3v) is 5.77. The summed E-state index contributed by atoms with van der Waals surface area (Å²) in [6, 6.07) is 18.3. The second-order valence-electron chi connectivity index (χ2n) is 8.11. The Morgan fingerprint density at radius 3 is 2.62 bits per heavy atom. The summed E-state index contributed by atoms with van der Waals surface area (Å²) in [5, 5.41) is 8.69. The molecule has 166 valence electrons. The van der Waals surface area contributed by atoms with Crippen LogP contribution < -0.4 is 10.1 Å². The van der Waals surface area contributed by atoms with Crippen LogP contribution in [0.25, 0.3) is 22.2 Å². The second kappa shape index (κ2) is 9.73. The predicted molar refractivity (Wildman–Crippen MR) is 128 cm³/mol. The third-order valence-electron chi connectivity index (χ3n) is 5.77. The summed E-state index contributed by atoms with van der Waals surface area (Å²) in [5.41, 5.74) is 6.58. The Morgan fingerprint density at radius 1 is 1.12 bits per heavy atom. The minimum absolute atomic E-state index is 0.0735. The van der Waals surface area contributed by atoms with Crippen LogP contribution in [0.5, 0.6) is 5.75 Å². The number of rotatable bonds is 9. The maximum Gasteiger partial charge on any atom is 0.220 e. The molecule has 2 heterocycles. The first-order chi connectivity index (χ1) is 15.5. The van der Waals surface area contributed by atoms with Crippen LogP contribution in [0.3, 0.4) is 0 Å². The third kappa shape index (κ3) is 4.85. The minimum Gasteiger partial charge on any atom is -0.497 e. The summed E-state index contributed by atoms with van der Waals surface area (Å²) in [5.74, 6) is 0.899. The largest absolute Gasteiger partial charge is 0.497 e. The molecule has 0 saturated heterocycles. The molecule has 0 spiro atoms. The molecule has 1 amide bonds. The molecule has 0 fully saturated rings. The summed E-state index contributed by atoms with van der Waals surface area (Å²) in [6.07, 6.45) is 1.98. The molecule has 2 aromatic heterocycles. The first-order valence-electron chi connectivity index (χ1n) is 11.1. The number of ether oxygens (including phenoxy) is 1. The molecule has 0 atom stereocenters. The van der Waals surface area contributed by atoms with Crippen LogP contribution in [0.15, 0.2) is 54.6 Å². The van der Waals surface area contributed by atoms with E-state index in [2.05, 4.69) is 40.5 Å². The van der Waals surface area contributed by atoms with Gasteiger partial charge in [0.05, 0.1) is 12.8 Å². The fraction of sp³-hybridized carbons (Fsp3) is 0.308. The van der Waals surface area contributed by atoms with Crippen molar-refractivity contribution in [1.29, 1.82) is 0 Å². The number of nitrogens with one attached hydrogen (secondary N) is 2. The summed E-state index contributed by atoms with van der Waals surface area (Å²) < 4.78 is 7.28. The molecular formula is C26H30N4O2. The van der Waals surface area contributed by atoms with E-state index in [0.717, 1.165) is 52.3 Å². The zero-order valence-corrected chi connectivity index (χ0v) is 18.9. The fourth-order valence-corrected chi connectivity index (χ4v) is 4.15. The predicted octanol–water partition coefficient (Wildman–Crippen LogP) is 4.80. The molecule has 32 heavy (non-hydrogen) atoms. The number of aromatic amines is 1. The lowest BCUT2D eigenvalue weighted by atomic mass is 10.0. The molecule has 4 rings (SSSR count). The molecule has 0 aliphatic carbocycles. The van der Waals surface area contributed by atoms with Gasteiger partial charge in [-0.1, -0.05) is 18.2 Å². The van der Waals surface area contributed by atoms with Crippen LogP contribution in [0, 0.1) is 13.8 Å². The Balaban J connectivity index is 1.39. The zero-order chi connectivity index (χ0) is 22.5. The van der Waals surface area contributed by atoms with Gasteiger partial charge in [-0.05, 0) is 74.2 Å². The van der Waals surface area contributed by atoms with E-state index in [-0.39, 0.29) is 5.91 Å². The van der Waals surface area contributed by atoms with Crippen molar-refractivity contribution in [1.82, 2.24) is 20.1 Å². The Hall–Kier alpha value is -3.54. The number of fused-ring (bicyclic) bond motifs is 1. The monoisotopic (exact) mass is 430 g/mol. The summed E-state index contributed by atoms with van der Waals surface area (Å²) in [6.45, 7) is 5.51. The van der Waals surface area contributed by atoms with E-state index in [1.807, 2.05) is 48.0 Å². The van der Waals surface area contributed by atoms with Gasteiger partial charge in [0.15, 0.2) is 0 Å². The van der Waals surface area contributed by atoms with Crippen molar-refractivity contribution in [3.63, 3.8) is 0 Å². The van der Waals surface area contributed by atoms with E-state index >= 15 is 0 Å². The fourth-order valence-electron chi connectivity index (χ4n) is 4.15. The van der Waals surface area contributed by atoms with E-state index < -0.39 is 0 Å². The number of amides is 1. The number of H-pyrrole nitrogens is 1. The van der Waals surface area contributed by atoms with Crippen molar-refractivity contribution in [2.75, 3.05) is 13.7 Å². The second-order valence-corrected chi connectivity index (χ2v) is 8.11. The van der Waals surface area contributed by atoms with Gasteiger partial charge in [-0.2, -0.15) is 5.10 Å². The molecule has 6 nitrogen and oxygen atoms in total. The topological polar surface area (TPSA) is 71.9 Å². The lowest BCUT2D eigenvalue weighted by Crippen LogP contribution is -2.25. The van der Waals surface area contributed by atoms with Gasteiger partial charge in [-0.25, -0.2) is 0 Å². The summed E-state index contributed by atoms with van der Waals surface area (Å²) >= 11 is 0. The van der Waals surface area contributed by atoms with Crippen LogP contribution in [-0.4, -0.2) is 34.3 Å². The van der Waals surface area contributed by atoms with E-state index in [4.69, 9.17) is 4.74 Å². The van der Waals surface area contributed by atoms with Gasteiger partial charge < -0.3 is 15.0 Å². The molecular weight excluding hydrogens is 400 g/mol. The molecule has 0 unspecified atom stereocenters. The first-order valence-corrected chi connectivity index (χ1v) is 11.1. The maximum atomic E-state index is 12.5. The van der Waals surface area contributed by atoms with Crippen molar-refractivity contribution in [2.45, 2.75) is 39.7 Å².